The van der Waals surface area contributed by atoms with Gasteiger partial charge in [0, 0.05) is 37.7 Å². The van der Waals surface area contributed by atoms with E-state index in [0.717, 1.165) is 36.0 Å². The van der Waals surface area contributed by atoms with E-state index >= 15 is 0 Å². The van der Waals surface area contributed by atoms with Crippen LogP contribution >= 0.6 is 0 Å². The largest absolute Gasteiger partial charge is 0.494 e. The number of rotatable bonds is 11. The number of aliphatic imine (C=N–C) groups is 1. The summed E-state index contributed by atoms with van der Waals surface area (Å²) in [6.07, 6.45) is 1.14. The van der Waals surface area contributed by atoms with Crippen LogP contribution in [0.4, 0.5) is 0 Å². The van der Waals surface area contributed by atoms with Gasteiger partial charge in [-0.05, 0) is 32.9 Å². The van der Waals surface area contributed by atoms with Crippen LogP contribution in [0.2, 0.25) is 0 Å². The van der Waals surface area contributed by atoms with Crippen LogP contribution in [0.15, 0.2) is 17.1 Å². The number of hydrogen-bond donors (Lipinski definition) is 2. The molecule has 1 unspecified atom stereocenters. The first-order chi connectivity index (χ1) is 13.2. The second-order valence-corrected chi connectivity index (χ2v) is 6.36. The van der Waals surface area contributed by atoms with Crippen LogP contribution in [0.5, 0.6) is 11.5 Å². The van der Waals surface area contributed by atoms with Crippen molar-refractivity contribution in [1.82, 2.24) is 10.6 Å². The van der Waals surface area contributed by atoms with E-state index in [0.29, 0.717) is 39.5 Å². The summed E-state index contributed by atoms with van der Waals surface area (Å²) in [7, 11) is 1.67. The lowest BCUT2D eigenvalue weighted by Gasteiger charge is -2.14. The quantitative estimate of drug-likeness (QED) is 0.349. The highest BCUT2D eigenvalue weighted by Crippen LogP contribution is 2.35. The molecule has 1 heterocycles. The van der Waals surface area contributed by atoms with Gasteiger partial charge in [-0.15, -0.1) is 0 Å². The number of methoxy groups -OCH3 is 1. The summed E-state index contributed by atoms with van der Waals surface area (Å²) in [5.74, 6) is 2.59. The molecule has 0 aliphatic carbocycles. The molecule has 1 aliphatic heterocycles. The van der Waals surface area contributed by atoms with Crippen LogP contribution in [0, 0.1) is 0 Å². The lowest BCUT2D eigenvalue weighted by molar-refractivity contribution is 0.0733. The van der Waals surface area contributed by atoms with Crippen LogP contribution in [0.3, 0.4) is 0 Å². The van der Waals surface area contributed by atoms with Gasteiger partial charge in [0.25, 0.3) is 0 Å². The Kier molecular flexibility index (Phi) is 9.21. The van der Waals surface area contributed by atoms with E-state index in [4.69, 9.17) is 18.9 Å². The molecule has 2 rings (SSSR count). The molecule has 0 fully saturated rings. The topological polar surface area (TPSA) is 73.3 Å². The second-order valence-electron chi connectivity index (χ2n) is 6.36. The lowest BCUT2D eigenvalue weighted by Crippen LogP contribution is -2.39. The standard InChI is InChI=1S/C20H33N3O4/c1-5-21-20(22-7-8-25-10-9-24-4)23-14-17-13-19-16(11-15(3)27-19)12-18(17)26-6-2/h12-13,15H,5-11,14H2,1-4H3,(H2,21,22,23). The molecule has 0 radical (unpaired) electrons. The van der Waals surface area contributed by atoms with Gasteiger partial charge in [0.1, 0.15) is 17.6 Å². The van der Waals surface area contributed by atoms with Crippen LogP contribution in [-0.4, -0.2) is 58.7 Å². The van der Waals surface area contributed by atoms with Crippen molar-refractivity contribution in [2.75, 3.05) is 46.6 Å². The highest BCUT2D eigenvalue weighted by Gasteiger charge is 2.21. The molecule has 1 aliphatic rings. The number of guanidine groups is 1. The fourth-order valence-electron chi connectivity index (χ4n) is 2.89. The Morgan fingerprint density at radius 3 is 2.81 bits per heavy atom. The van der Waals surface area contributed by atoms with E-state index < -0.39 is 0 Å². The number of benzene rings is 1. The summed E-state index contributed by atoms with van der Waals surface area (Å²) in [6.45, 7) is 10.5. The highest BCUT2D eigenvalue weighted by molar-refractivity contribution is 5.79. The number of nitrogens with zero attached hydrogens (tertiary/aromatic N) is 1. The first-order valence-corrected chi connectivity index (χ1v) is 9.72. The maximum atomic E-state index is 5.88. The van der Waals surface area contributed by atoms with Crippen LogP contribution in [-0.2, 0) is 22.4 Å². The minimum absolute atomic E-state index is 0.213. The van der Waals surface area contributed by atoms with E-state index in [1.54, 1.807) is 7.11 Å². The molecule has 27 heavy (non-hydrogen) atoms. The Morgan fingerprint density at radius 1 is 1.22 bits per heavy atom. The third-order valence-corrected chi connectivity index (χ3v) is 4.10. The van der Waals surface area contributed by atoms with Crippen molar-refractivity contribution in [2.45, 2.75) is 39.8 Å². The molecule has 0 saturated carbocycles. The molecule has 7 heteroatoms. The molecule has 7 nitrogen and oxygen atoms in total. The van der Waals surface area contributed by atoms with Gasteiger partial charge in [0.05, 0.1) is 33.0 Å². The molecule has 0 saturated heterocycles. The average molecular weight is 380 g/mol. The van der Waals surface area contributed by atoms with Crippen molar-refractivity contribution in [3.8, 4) is 11.5 Å². The van der Waals surface area contributed by atoms with E-state index in [1.165, 1.54) is 5.56 Å². The zero-order valence-corrected chi connectivity index (χ0v) is 17.0. The van der Waals surface area contributed by atoms with Gasteiger partial charge in [0.15, 0.2) is 5.96 Å². The van der Waals surface area contributed by atoms with E-state index in [-0.39, 0.29) is 6.10 Å². The number of nitrogens with one attached hydrogen (secondary N) is 2. The molecule has 1 aromatic carbocycles. The van der Waals surface area contributed by atoms with Crippen molar-refractivity contribution in [1.29, 1.82) is 0 Å². The molecule has 2 N–H and O–H groups in total. The molecule has 1 atom stereocenters. The molecule has 0 aromatic heterocycles. The summed E-state index contributed by atoms with van der Waals surface area (Å²) < 4.78 is 22.1. The monoisotopic (exact) mass is 379 g/mol. The van der Waals surface area contributed by atoms with Gasteiger partial charge in [-0.25, -0.2) is 4.99 Å². The third-order valence-electron chi connectivity index (χ3n) is 4.10. The summed E-state index contributed by atoms with van der Waals surface area (Å²) in [5, 5.41) is 6.53. The minimum Gasteiger partial charge on any atom is -0.494 e. The predicted octanol–water partition coefficient (Wildman–Crippen LogP) is 2.13. The minimum atomic E-state index is 0.213. The molecule has 0 bridgehead atoms. The fraction of sp³-hybridized carbons (Fsp3) is 0.650. The van der Waals surface area contributed by atoms with E-state index in [2.05, 4.69) is 34.7 Å². The maximum Gasteiger partial charge on any atom is 0.191 e. The van der Waals surface area contributed by atoms with Gasteiger partial charge in [-0.1, -0.05) is 0 Å². The predicted molar refractivity (Wildman–Crippen MR) is 107 cm³/mol. The van der Waals surface area contributed by atoms with Crippen LogP contribution in [0.1, 0.15) is 31.9 Å². The Morgan fingerprint density at radius 2 is 2.07 bits per heavy atom. The molecular formula is C20H33N3O4. The Hall–Kier alpha value is -1.99. The van der Waals surface area contributed by atoms with Crippen LogP contribution < -0.4 is 20.1 Å². The van der Waals surface area contributed by atoms with E-state index in [9.17, 15) is 0 Å². The van der Waals surface area contributed by atoms with Crippen molar-refractivity contribution < 1.29 is 18.9 Å². The van der Waals surface area contributed by atoms with Gasteiger partial charge in [-0.2, -0.15) is 0 Å². The first kappa shape index (κ1) is 21.3. The zero-order valence-electron chi connectivity index (χ0n) is 17.0. The van der Waals surface area contributed by atoms with Crippen molar-refractivity contribution in [3.05, 3.63) is 23.3 Å². The number of ether oxygens (including phenoxy) is 4. The van der Waals surface area contributed by atoms with Gasteiger partial charge in [-0.3, -0.25) is 0 Å². The summed E-state index contributed by atoms with van der Waals surface area (Å²) >= 11 is 0. The highest BCUT2D eigenvalue weighted by atomic mass is 16.5. The second kappa shape index (κ2) is 11.7. The lowest BCUT2D eigenvalue weighted by atomic mass is 10.1. The normalized spacial score (nSPS) is 16.0. The van der Waals surface area contributed by atoms with Gasteiger partial charge < -0.3 is 29.6 Å². The molecule has 1 aromatic rings. The maximum absolute atomic E-state index is 5.88. The molecule has 0 spiro atoms. The Balaban J connectivity index is 1.98. The average Bonchev–Trinajstić information content (AvgIpc) is 3.01. The summed E-state index contributed by atoms with van der Waals surface area (Å²) in [6, 6.07) is 4.15. The van der Waals surface area contributed by atoms with Crippen molar-refractivity contribution in [3.63, 3.8) is 0 Å². The fourth-order valence-corrected chi connectivity index (χ4v) is 2.89. The summed E-state index contributed by atoms with van der Waals surface area (Å²) in [5.41, 5.74) is 2.23. The summed E-state index contributed by atoms with van der Waals surface area (Å²) in [4.78, 5) is 4.68. The molecular weight excluding hydrogens is 346 g/mol. The smallest absolute Gasteiger partial charge is 0.191 e. The Labute approximate surface area is 162 Å². The number of hydrogen-bond acceptors (Lipinski definition) is 5. The van der Waals surface area contributed by atoms with Gasteiger partial charge in [0.2, 0.25) is 0 Å². The van der Waals surface area contributed by atoms with Crippen molar-refractivity contribution in [2.24, 2.45) is 4.99 Å². The van der Waals surface area contributed by atoms with Crippen molar-refractivity contribution >= 4 is 5.96 Å². The Bertz CT molecular complexity index is 607. The van der Waals surface area contributed by atoms with Gasteiger partial charge >= 0.3 is 0 Å². The van der Waals surface area contributed by atoms with E-state index in [1.807, 2.05) is 13.8 Å². The third kappa shape index (κ3) is 6.92. The number of fused-ring (bicyclic) bond motifs is 1. The SMILES string of the molecule is CCNC(=NCc1cc2c(cc1OCC)CC(C)O2)NCCOCCOC. The first-order valence-electron chi connectivity index (χ1n) is 9.72. The molecule has 152 valence electrons. The zero-order chi connectivity index (χ0) is 19.5. The van der Waals surface area contributed by atoms with Crippen LogP contribution in [0.25, 0.3) is 0 Å². The molecule has 0 amide bonds.